The van der Waals surface area contributed by atoms with Gasteiger partial charge in [0.1, 0.15) is 18.2 Å². The first kappa shape index (κ1) is 34.5. The number of nitrogens with zero attached hydrogens (tertiary/aromatic N) is 1. The third kappa shape index (κ3) is 5.66. The van der Waals surface area contributed by atoms with Gasteiger partial charge in [0, 0.05) is 11.1 Å². The van der Waals surface area contributed by atoms with Crippen molar-refractivity contribution in [2.45, 2.75) is 12.3 Å². The van der Waals surface area contributed by atoms with Gasteiger partial charge in [-0.15, -0.1) is 0 Å². The van der Waals surface area contributed by atoms with Gasteiger partial charge in [-0.3, -0.25) is 5.32 Å². The van der Waals surface area contributed by atoms with E-state index in [-0.39, 0.29) is 12.3 Å². The van der Waals surface area contributed by atoms with Gasteiger partial charge in [-0.05, 0) is 105 Å². The molecule has 11 aromatic rings. The van der Waals surface area contributed by atoms with E-state index in [9.17, 15) is 0 Å². The molecule has 0 spiro atoms. The van der Waals surface area contributed by atoms with Gasteiger partial charge >= 0.3 is 0 Å². The molecule has 2 atom stereocenters. The molecule has 0 bridgehead atoms. The van der Waals surface area contributed by atoms with Crippen LogP contribution in [0.1, 0.15) is 29.0 Å². The van der Waals surface area contributed by atoms with E-state index in [2.05, 4.69) is 223 Å². The highest BCUT2D eigenvalue weighted by Gasteiger charge is 2.29. The molecule has 3 nitrogen and oxygen atoms in total. The minimum Gasteiger partial charge on any atom is -0.350 e. The smallest absolute Gasteiger partial charge is 0.131 e. The van der Waals surface area contributed by atoms with Crippen LogP contribution in [0.15, 0.2) is 217 Å². The van der Waals surface area contributed by atoms with Crippen LogP contribution in [0.25, 0.3) is 86.9 Å². The molecular weight excluding hydrogens is 727 g/mol. The molecule has 12 rings (SSSR count). The number of hydrogen-bond acceptors (Lipinski definition) is 3. The standard InChI is InChI=1S/C57H39N3/c1-2-14-36(15-3-1)43-20-12-13-25-50(43)56-58-55(59-57(60-56)54-47-24-11-7-19-42(47)35-52-45-22-9-5-17-38(45)31-33-49(52)54)40-28-26-39(27-29-40)53-46-23-10-6-18-41(46)34-51-44-21-8-4-16-37(44)30-32-48(51)53/h1-35,56-57,60H,(H,58,59). The lowest BCUT2D eigenvalue weighted by atomic mass is 9.89. The van der Waals surface area contributed by atoms with Crippen molar-refractivity contribution in [2.24, 2.45) is 4.99 Å². The normalized spacial score (nSPS) is 15.5. The lowest BCUT2D eigenvalue weighted by Crippen LogP contribution is -2.45. The first-order valence-corrected chi connectivity index (χ1v) is 20.8. The summed E-state index contributed by atoms with van der Waals surface area (Å²) >= 11 is 0. The largest absolute Gasteiger partial charge is 0.350 e. The second-order valence-electron chi connectivity index (χ2n) is 15.9. The van der Waals surface area contributed by atoms with Gasteiger partial charge in [-0.1, -0.05) is 200 Å². The summed E-state index contributed by atoms with van der Waals surface area (Å²) in [5.41, 5.74) is 8.18. The van der Waals surface area contributed by atoms with Crippen molar-refractivity contribution < 1.29 is 0 Å². The zero-order chi connectivity index (χ0) is 39.6. The number of fused-ring (bicyclic) bond motifs is 8. The summed E-state index contributed by atoms with van der Waals surface area (Å²) in [5, 5.41) is 22.8. The van der Waals surface area contributed by atoms with Crippen molar-refractivity contribution in [2.75, 3.05) is 0 Å². The third-order valence-corrected chi connectivity index (χ3v) is 12.5. The maximum absolute atomic E-state index is 5.61. The molecule has 1 aliphatic rings. The van der Waals surface area contributed by atoms with Crippen molar-refractivity contribution in [1.29, 1.82) is 0 Å². The second kappa shape index (κ2) is 14.1. The van der Waals surface area contributed by atoms with E-state index < -0.39 is 0 Å². The van der Waals surface area contributed by atoms with Gasteiger partial charge in [0.15, 0.2) is 0 Å². The van der Waals surface area contributed by atoms with Gasteiger partial charge in [0.05, 0.1) is 0 Å². The average Bonchev–Trinajstić information content (AvgIpc) is 3.32. The topological polar surface area (TPSA) is 36.4 Å². The average molecular weight is 766 g/mol. The van der Waals surface area contributed by atoms with Crippen molar-refractivity contribution >= 4 is 70.5 Å². The van der Waals surface area contributed by atoms with Gasteiger partial charge in [-0.25, -0.2) is 4.99 Å². The lowest BCUT2D eigenvalue weighted by Gasteiger charge is -2.34. The molecule has 2 unspecified atom stereocenters. The number of nitrogens with one attached hydrogen (secondary N) is 2. The molecule has 0 fully saturated rings. The Hall–Kier alpha value is -7.59. The Kier molecular flexibility index (Phi) is 8.07. The van der Waals surface area contributed by atoms with Gasteiger partial charge in [0.2, 0.25) is 0 Å². The van der Waals surface area contributed by atoms with Crippen LogP contribution in [-0.4, -0.2) is 5.84 Å². The Morgan fingerprint density at radius 2 is 0.883 bits per heavy atom. The number of benzene rings is 11. The maximum Gasteiger partial charge on any atom is 0.131 e. The zero-order valence-corrected chi connectivity index (χ0v) is 32.8. The lowest BCUT2D eigenvalue weighted by molar-refractivity contribution is 0.413. The van der Waals surface area contributed by atoms with E-state index in [0.717, 1.165) is 11.4 Å². The molecule has 0 amide bonds. The zero-order valence-electron chi connectivity index (χ0n) is 32.8. The van der Waals surface area contributed by atoms with Crippen LogP contribution in [0.3, 0.4) is 0 Å². The fraction of sp³-hybridized carbons (Fsp3) is 0.0351. The van der Waals surface area contributed by atoms with Crippen LogP contribution in [0.5, 0.6) is 0 Å². The van der Waals surface area contributed by atoms with Gasteiger partial charge in [0.25, 0.3) is 0 Å². The number of amidine groups is 1. The highest BCUT2D eigenvalue weighted by molar-refractivity contribution is 6.20. The molecular formula is C57H39N3. The first-order valence-electron chi connectivity index (χ1n) is 20.8. The molecule has 0 aromatic heterocycles. The molecule has 0 aliphatic carbocycles. The molecule has 0 radical (unpaired) electrons. The van der Waals surface area contributed by atoms with Crippen LogP contribution >= 0.6 is 0 Å². The van der Waals surface area contributed by atoms with E-state index >= 15 is 0 Å². The monoisotopic (exact) mass is 765 g/mol. The summed E-state index contributed by atoms with van der Waals surface area (Å²) in [6, 6.07) is 77.2. The molecule has 0 saturated carbocycles. The Balaban J connectivity index is 1.05. The highest BCUT2D eigenvalue weighted by Crippen LogP contribution is 2.42. The quantitative estimate of drug-likeness (QED) is 0.135. The van der Waals surface area contributed by atoms with E-state index in [4.69, 9.17) is 4.99 Å². The van der Waals surface area contributed by atoms with E-state index in [1.807, 2.05) is 0 Å². The van der Waals surface area contributed by atoms with Crippen LogP contribution in [0.2, 0.25) is 0 Å². The molecule has 0 saturated heterocycles. The van der Waals surface area contributed by atoms with Crippen LogP contribution in [0.4, 0.5) is 0 Å². The van der Waals surface area contributed by atoms with Crippen LogP contribution in [0, 0.1) is 0 Å². The Labute approximate surface area is 348 Å². The molecule has 11 aromatic carbocycles. The van der Waals surface area contributed by atoms with E-state index in [0.29, 0.717) is 0 Å². The first-order chi connectivity index (χ1) is 29.7. The summed E-state index contributed by atoms with van der Waals surface area (Å²) < 4.78 is 0. The predicted octanol–water partition coefficient (Wildman–Crippen LogP) is 14.3. The molecule has 2 N–H and O–H groups in total. The summed E-state index contributed by atoms with van der Waals surface area (Å²) in [7, 11) is 0. The highest BCUT2D eigenvalue weighted by atomic mass is 15.3. The van der Waals surface area contributed by atoms with E-state index in [1.54, 1.807) is 0 Å². The summed E-state index contributed by atoms with van der Waals surface area (Å²) in [6.45, 7) is 0. The molecule has 1 aliphatic heterocycles. The summed E-state index contributed by atoms with van der Waals surface area (Å²) in [5.74, 6) is 0.855. The van der Waals surface area contributed by atoms with Crippen molar-refractivity contribution in [3.8, 4) is 22.3 Å². The minimum atomic E-state index is -0.347. The Morgan fingerprint density at radius 1 is 0.350 bits per heavy atom. The van der Waals surface area contributed by atoms with Crippen LogP contribution in [-0.2, 0) is 0 Å². The second-order valence-corrected chi connectivity index (χ2v) is 15.9. The molecule has 3 heteroatoms. The fourth-order valence-corrected chi connectivity index (χ4v) is 9.72. The Morgan fingerprint density at radius 3 is 1.60 bits per heavy atom. The number of aliphatic imine (C=N–C) groups is 1. The van der Waals surface area contributed by atoms with Gasteiger partial charge in [-0.2, -0.15) is 0 Å². The summed E-state index contributed by atoms with van der Waals surface area (Å²) in [6.07, 6.45) is -0.580. The fourth-order valence-electron chi connectivity index (χ4n) is 9.72. The number of hydrogen-bond donors (Lipinski definition) is 2. The van der Waals surface area contributed by atoms with Crippen LogP contribution < -0.4 is 10.6 Å². The van der Waals surface area contributed by atoms with Gasteiger partial charge < -0.3 is 5.32 Å². The number of rotatable bonds is 5. The van der Waals surface area contributed by atoms with Crippen molar-refractivity contribution in [3.05, 3.63) is 229 Å². The Bertz CT molecular complexity index is 3500. The molecule has 60 heavy (non-hydrogen) atoms. The molecule has 282 valence electrons. The molecule has 1 heterocycles. The van der Waals surface area contributed by atoms with E-state index in [1.165, 1.54) is 98.0 Å². The third-order valence-electron chi connectivity index (χ3n) is 12.5. The minimum absolute atomic E-state index is 0.233. The predicted molar refractivity (Wildman–Crippen MR) is 254 cm³/mol. The van der Waals surface area contributed by atoms with Crippen molar-refractivity contribution in [3.63, 3.8) is 0 Å². The maximum atomic E-state index is 5.61. The summed E-state index contributed by atoms with van der Waals surface area (Å²) in [4.78, 5) is 5.61. The SMILES string of the molecule is c1ccc(-c2ccccc2C2NC(c3ccc(-c4c5ccccc5cc5c4ccc4ccccc45)cc3)=NC(c3c4ccccc4cc4c3ccc3ccccc34)N2)cc1. The van der Waals surface area contributed by atoms with Crippen molar-refractivity contribution in [1.82, 2.24) is 10.6 Å².